The first kappa shape index (κ1) is 11.6. The fourth-order valence-corrected chi connectivity index (χ4v) is 2.94. The van der Waals surface area contributed by atoms with Gasteiger partial charge in [-0.25, -0.2) is 4.79 Å². The van der Waals surface area contributed by atoms with Crippen LogP contribution in [-0.2, 0) is 9.53 Å². The Kier molecular flexibility index (Phi) is 3.64. The molecule has 3 heteroatoms. The van der Waals surface area contributed by atoms with Crippen molar-refractivity contribution in [3.63, 3.8) is 0 Å². The fourth-order valence-electron chi connectivity index (χ4n) is 2.94. The molecule has 16 heavy (non-hydrogen) atoms. The number of fused-ring (bicyclic) bond motifs is 1. The molecule has 1 saturated carbocycles. The summed E-state index contributed by atoms with van der Waals surface area (Å²) < 4.78 is 5.09. The second-order valence-electron chi connectivity index (χ2n) is 4.68. The molecule has 90 valence electrons. The van der Waals surface area contributed by atoms with E-state index in [1.807, 2.05) is 6.92 Å². The molecule has 2 aliphatic rings. The standard InChI is InChI=1S/C13H20O3/c1-2-16-13(15)11-7-8-12(14)10-6-4-3-5-9(10)11/h10,12,14H,2-8H2,1H3. The number of hydrogen-bond donors (Lipinski definition) is 1. The number of rotatable bonds is 2. The Hall–Kier alpha value is -0.830. The van der Waals surface area contributed by atoms with Crippen LogP contribution in [0.1, 0.15) is 45.4 Å². The summed E-state index contributed by atoms with van der Waals surface area (Å²) in [6, 6.07) is 0. The van der Waals surface area contributed by atoms with Gasteiger partial charge in [-0.2, -0.15) is 0 Å². The molecule has 0 heterocycles. The predicted molar refractivity (Wildman–Crippen MR) is 60.9 cm³/mol. The van der Waals surface area contributed by atoms with Gasteiger partial charge in [0.05, 0.1) is 12.7 Å². The summed E-state index contributed by atoms with van der Waals surface area (Å²) in [4.78, 5) is 11.8. The fraction of sp³-hybridized carbons (Fsp3) is 0.769. The van der Waals surface area contributed by atoms with E-state index in [4.69, 9.17) is 4.74 Å². The molecule has 0 aliphatic heterocycles. The molecule has 1 N–H and O–H groups in total. The molecule has 0 aromatic rings. The molecule has 2 rings (SSSR count). The molecule has 2 unspecified atom stereocenters. The van der Waals surface area contributed by atoms with E-state index in [2.05, 4.69) is 0 Å². The highest BCUT2D eigenvalue weighted by molar-refractivity contribution is 5.89. The van der Waals surface area contributed by atoms with E-state index < -0.39 is 0 Å². The van der Waals surface area contributed by atoms with Gasteiger partial charge in [-0.15, -0.1) is 0 Å². The molecule has 0 spiro atoms. The highest BCUT2D eigenvalue weighted by atomic mass is 16.5. The molecule has 3 nitrogen and oxygen atoms in total. The molecule has 2 atom stereocenters. The Bertz CT molecular complexity index is 306. The Labute approximate surface area is 96.5 Å². The third kappa shape index (κ3) is 2.14. The lowest BCUT2D eigenvalue weighted by Crippen LogP contribution is -2.31. The van der Waals surface area contributed by atoms with E-state index in [0.717, 1.165) is 24.8 Å². The average Bonchev–Trinajstić information content (AvgIpc) is 2.30. The van der Waals surface area contributed by atoms with Crippen molar-refractivity contribution in [2.24, 2.45) is 5.92 Å². The molecule has 0 aromatic heterocycles. The third-order valence-corrected chi connectivity index (χ3v) is 3.72. The molecule has 1 fully saturated rings. The van der Waals surface area contributed by atoms with Crippen LogP contribution in [-0.4, -0.2) is 23.8 Å². The first-order valence-corrected chi connectivity index (χ1v) is 6.31. The number of carbonyl (C=O) groups is 1. The molecule has 0 saturated heterocycles. The zero-order chi connectivity index (χ0) is 11.5. The molecular formula is C13H20O3. The van der Waals surface area contributed by atoms with Crippen molar-refractivity contribution in [3.8, 4) is 0 Å². The highest BCUT2D eigenvalue weighted by Gasteiger charge is 2.34. The summed E-state index contributed by atoms with van der Waals surface area (Å²) in [6.45, 7) is 2.27. The number of hydrogen-bond acceptors (Lipinski definition) is 3. The van der Waals surface area contributed by atoms with Crippen LogP contribution in [0.3, 0.4) is 0 Å². The van der Waals surface area contributed by atoms with Crippen LogP contribution < -0.4 is 0 Å². The van der Waals surface area contributed by atoms with Gasteiger partial charge < -0.3 is 9.84 Å². The summed E-state index contributed by atoms with van der Waals surface area (Å²) in [6.07, 6.45) is 5.46. The highest BCUT2D eigenvalue weighted by Crippen LogP contribution is 2.40. The maximum Gasteiger partial charge on any atom is 0.333 e. The maximum atomic E-state index is 11.8. The monoisotopic (exact) mass is 224 g/mol. The minimum atomic E-state index is -0.242. The largest absolute Gasteiger partial charge is 0.463 e. The van der Waals surface area contributed by atoms with Crippen LogP contribution in [0.25, 0.3) is 0 Å². The molecule has 2 aliphatic carbocycles. The lowest BCUT2D eigenvalue weighted by molar-refractivity contribution is -0.139. The van der Waals surface area contributed by atoms with Gasteiger partial charge in [0.1, 0.15) is 0 Å². The minimum absolute atomic E-state index is 0.156. The summed E-state index contributed by atoms with van der Waals surface area (Å²) in [5.41, 5.74) is 2.04. The van der Waals surface area contributed by atoms with Gasteiger partial charge in [-0.3, -0.25) is 0 Å². The number of carbonyl (C=O) groups excluding carboxylic acids is 1. The summed E-state index contributed by atoms with van der Waals surface area (Å²) in [5.74, 6) is 0.0678. The van der Waals surface area contributed by atoms with Gasteiger partial charge in [-0.05, 0) is 39.0 Å². The van der Waals surface area contributed by atoms with Gasteiger partial charge in [0.25, 0.3) is 0 Å². The van der Waals surface area contributed by atoms with Crippen molar-refractivity contribution in [3.05, 3.63) is 11.1 Å². The lowest BCUT2D eigenvalue weighted by atomic mass is 9.73. The molecule has 0 radical (unpaired) electrons. The Balaban J connectivity index is 2.23. The predicted octanol–water partition coefficient (Wildman–Crippen LogP) is 2.19. The van der Waals surface area contributed by atoms with E-state index in [0.29, 0.717) is 19.4 Å². The smallest absolute Gasteiger partial charge is 0.333 e. The second kappa shape index (κ2) is 5.00. The summed E-state index contributed by atoms with van der Waals surface area (Å²) >= 11 is 0. The maximum absolute atomic E-state index is 11.8. The van der Waals surface area contributed by atoms with E-state index in [1.165, 1.54) is 12.0 Å². The average molecular weight is 224 g/mol. The quantitative estimate of drug-likeness (QED) is 0.731. The van der Waals surface area contributed by atoms with Crippen molar-refractivity contribution < 1.29 is 14.6 Å². The zero-order valence-electron chi connectivity index (χ0n) is 9.87. The van der Waals surface area contributed by atoms with E-state index in [1.54, 1.807) is 0 Å². The Morgan fingerprint density at radius 1 is 1.38 bits per heavy atom. The minimum Gasteiger partial charge on any atom is -0.463 e. The van der Waals surface area contributed by atoms with Crippen molar-refractivity contribution in [2.45, 2.75) is 51.6 Å². The van der Waals surface area contributed by atoms with E-state index in [-0.39, 0.29) is 18.0 Å². The van der Waals surface area contributed by atoms with Crippen LogP contribution >= 0.6 is 0 Å². The van der Waals surface area contributed by atoms with Crippen LogP contribution in [0.5, 0.6) is 0 Å². The van der Waals surface area contributed by atoms with Crippen LogP contribution in [0.2, 0.25) is 0 Å². The van der Waals surface area contributed by atoms with Crippen molar-refractivity contribution >= 4 is 5.97 Å². The first-order chi connectivity index (χ1) is 7.74. The normalized spacial score (nSPS) is 29.9. The van der Waals surface area contributed by atoms with E-state index >= 15 is 0 Å². The van der Waals surface area contributed by atoms with Gasteiger partial charge in [0, 0.05) is 11.5 Å². The summed E-state index contributed by atoms with van der Waals surface area (Å²) in [7, 11) is 0. The van der Waals surface area contributed by atoms with Gasteiger partial charge in [-0.1, -0.05) is 12.0 Å². The van der Waals surface area contributed by atoms with Crippen LogP contribution in [0.15, 0.2) is 11.1 Å². The molecule has 0 aromatic carbocycles. The first-order valence-electron chi connectivity index (χ1n) is 6.31. The van der Waals surface area contributed by atoms with Gasteiger partial charge in [0.2, 0.25) is 0 Å². The molecule has 0 amide bonds. The van der Waals surface area contributed by atoms with Gasteiger partial charge in [0.15, 0.2) is 0 Å². The van der Waals surface area contributed by atoms with Crippen LogP contribution in [0, 0.1) is 5.92 Å². The van der Waals surface area contributed by atoms with E-state index in [9.17, 15) is 9.90 Å². The molecular weight excluding hydrogens is 204 g/mol. The number of esters is 1. The number of ether oxygens (including phenoxy) is 1. The second-order valence-corrected chi connectivity index (χ2v) is 4.68. The number of aliphatic hydroxyl groups excluding tert-OH is 1. The van der Waals surface area contributed by atoms with Crippen molar-refractivity contribution in [1.82, 2.24) is 0 Å². The number of aliphatic hydroxyl groups is 1. The summed E-state index contributed by atoms with van der Waals surface area (Å²) in [5, 5.41) is 9.95. The van der Waals surface area contributed by atoms with Crippen molar-refractivity contribution in [2.75, 3.05) is 6.61 Å². The van der Waals surface area contributed by atoms with Crippen molar-refractivity contribution in [1.29, 1.82) is 0 Å². The third-order valence-electron chi connectivity index (χ3n) is 3.72. The topological polar surface area (TPSA) is 46.5 Å². The molecule has 0 bridgehead atoms. The lowest BCUT2D eigenvalue weighted by Gasteiger charge is -2.35. The SMILES string of the molecule is CCOC(=O)C1=C2CCCCC2C(O)CC1. The Morgan fingerprint density at radius 2 is 2.19 bits per heavy atom. The Morgan fingerprint density at radius 3 is 2.94 bits per heavy atom. The van der Waals surface area contributed by atoms with Gasteiger partial charge >= 0.3 is 5.97 Å². The zero-order valence-corrected chi connectivity index (χ0v) is 9.87. The van der Waals surface area contributed by atoms with Crippen LogP contribution in [0.4, 0.5) is 0 Å².